The molecule has 0 fully saturated rings. The van der Waals surface area contributed by atoms with Gasteiger partial charge in [-0.05, 0) is 46.6 Å². The normalized spacial score (nSPS) is 14.5. The number of rotatable bonds is 3. The van der Waals surface area contributed by atoms with Crippen LogP contribution in [0.4, 0.5) is 0 Å². The molecule has 2 aromatic rings. The third kappa shape index (κ3) is 3.11. The maximum atomic E-state index is 11.3. The second kappa shape index (κ2) is 6.15. The average Bonchev–Trinajstić information content (AvgIpc) is 2.69. The first-order chi connectivity index (χ1) is 10.1. The van der Waals surface area contributed by atoms with Gasteiger partial charge in [-0.15, -0.1) is 10.2 Å². The summed E-state index contributed by atoms with van der Waals surface area (Å²) in [4.78, 5) is 15.5. The van der Waals surface area contributed by atoms with E-state index in [1.54, 1.807) is 12.3 Å². The van der Waals surface area contributed by atoms with Crippen LogP contribution in [0.15, 0.2) is 26.9 Å². The van der Waals surface area contributed by atoms with Gasteiger partial charge < -0.3 is 9.67 Å². The summed E-state index contributed by atoms with van der Waals surface area (Å²) in [6, 6.07) is 1.55. The molecular formula is C13H13BrN4O2S. The number of aryl methyl sites for hydroxylation is 1. The highest BCUT2D eigenvalue weighted by Crippen LogP contribution is 2.30. The molecule has 110 valence electrons. The second-order valence-corrected chi connectivity index (χ2v) is 6.65. The molecular weight excluding hydrogens is 356 g/mol. The van der Waals surface area contributed by atoms with Gasteiger partial charge in [0.15, 0.2) is 5.16 Å². The van der Waals surface area contributed by atoms with E-state index in [2.05, 4.69) is 35.7 Å². The van der Waals surface area contributed by atoms with Crippen molar-refractivity contribution in [1.29, 1.82) is 0 Å². The molecule has 2 aromatic heterocycles. The van der Waals surface area contributed by atoms with Crippen molar-refractivity contribution in [2.24, 2.45) is 0 Å². The highest BCUT2D eigenvalue weighted by atomic mass is 79.9. The fourth-order valence-corrected chi connectivity index (χ4v) is 3.54. The van der Waals surface area contributed by atoms with Crippen LogP contribution in [0.3, 0.4) is 0 Å². The molecule has 6 nitrogen and oxygen atoms in total. The minimum Gasteiger partial charge on any atom is -0.478 e. The van der Waals surface area contributed by atoms with Crippen LogP contribution in [-0.4, -0.2) is 30.8 Å². The molecule has 0 amide bonds. The predicted molar refractivity (Wildman–Crippen MR) is 80.6 cm³/mol. The molecule has 21 heavy (non-hydrogen) atoms. The number of carboxylic acid groups (broad SMARTS) is 1. The van der Waals surface area contributed by atoms with E-state index in [0.29, 0.717) is 14.7 Å². The number of hydrogen-bond acceptors (Lipinski definition) is 5. The number of aromatic carboxylic acids is 1. The molecule has 0 aliphatic carbocycles. The fraction of sp³-hybridized carbons (Fsp3) is 0.385. The van der Waals surface area contributed by atoms with Gasteiger partial charge >= 0.3 is 5.97 Å². The maximum Gasteiger partial charge on any atom is 0.338 e. The molecule has 0 atom stereocenters. The minimum atomic E-state index is -0.998. The zero-order valence-corrected chi connectivity index (χ0v) is 13.5. The molecule has 0 spiro atoms. The summed E-state index contributed by atoms with van der Waals surface area (Å²) in [6.07, 6.45) is 5.92. The highest BCUT2D eigenvalue weighted by molar-refractivity contribution is 9.10. The number of carbonyl (C=O) groups is 1. The largest absolute Gasteiger partial charge is 0.478 e. The molecule has 0 bridgehead atoms. The summed E-state index contributed by atoms with van der Waals surface area (Å²) in [5, 5.41) is 18.8. The van der Waals surface area contributed by atoms with Crippen molar-refractivity contribution in [2.45, 2.75) is 42.4 Å². The molecule has 3 heterocycles. The number of pyridine rings is 1. The smallest absolute Gasteiger partial charge is 0.338 e. The Hall–Kier alpha value is -1.41. The summed E-state index contributed by atoms with van der Waals surface area (Å²) < 4.78 is 2.72. The van der Waals surface area contributed by atoms with Crippen LogP contribution in [0.25, 0.3) is 0 Å². The Morgan fingerprint density at radius 1 is 1.33 bits per heavy atom. The molecule has 0 saturated carbocycles. The Morgan fingerprint density at radius 3 is 3.00 bits per heavy atom. The van der Waals surface area contributed by atoms with Gasteiger partial charge in [-0.1, -0.05) is 6.42 Å². The minimum absolute atomic E-state index is 0.167. The number of nitrogens with zero attached hydrogens (tertiary/aromatic N) is 4. The summed E-state index contributed by atoms with van der Waals surface area (Å²) in [7, 11) is 0. The van der Waals surface area contributed by atoms with E-state index in [1.807, 2.05) is 0 Å². The van der Waals surface area contributed by atoms with Crippen LogP contribution in [0.5, 0.6) is 0 Å². The van der Waals surface area contributed by atoms with Crippen LogP contribution in [0.1, 0.15) is 35.4 Å². The monoisotopic (exact) mass is 368 g/mol. The van der Waals surface area contributed by atoms with Gasteiger partial charge in [-0.3, -0.25) is 0 Å². The molecule has 3 rings (SSSR count). The van der Waals surface area contributed by atoms with Gasteiger partial charge in [-0.25, -0.2) is 9.78 Å². The zero-order valence-electron chi connectivity index (χ0n) is 11.1. The summed E-state index contributed by atoms with van der Waals surface area (Å²) in [5.74, 6) is -0.0223. The Balaban J connectivity index is 1.94. The van der Waals surface area contributed by atoms with E-state index in [1.165, 1.54) is 18.2 Å². The van der Waals surface area contributed by atoms with E-state index in [4.69, 9.17) is 0 Å². The highest BCUT2D eigenvalue weighted by Gasteiger charge is 2.19. The van der Waals surface area contributed by atoms with Crippen molar-refractivity contribution in [1.82, 2.24) is 19.7 Å². The summed E-state index contributed by atoms with van der Waals surface area (Å²) in [6.45, 7) is 0.879. The quantitative estimate of drug-likeness (QED) is 0.896. The molecule has 1 aliphatic heterocycles. The van der Waals surface area contributed by atoms with Crippen molar-refractivity contribution in [2.75, 3.05) is 0 Å². The molecule has 0 unspecified atom stereocenters. The lowest BCUT2D eigenvalue weighted by atomic mass is 10.2. The standard InChI is InChI=1S/C13H13BrN4O2S/c14-8-6-9(12(19)20)11(15-7-8)21-13-17-16-10-4-2-1-3-5-18(10)13/h6-7H,1-5H2,(H,19,20). The van der Waals surface area contributed by atoms with Gasteiger partial charge in [0, 0.05) is 23.6 Å². The van der Waals surface area contributed by atoms with Crippen molar-refractivity contribution in [3.8, 4) is 0 Å². The lowest BCUT2D eigenvalue weighted by molar-refractivity contribution is 0.0692. The lowest BCUT2D eigenvalue weighted by Gasteiger charge is -2.07. The number of hydrogen-bond donors (Lipinski definition) is 1. The molecule has 0 radical (unpaired) electrons. The van der Waals surface area contributed by atoms with Gasteiger partial charge in [-0.2, -0.15) is 0 Å². The number of carboxylic acids is 1. The molecule has 8 heteroatoms. The van der Waals surface area contributed by atoms with E-state index in [0.717, 1.165) is 31.6 Å². The van der Waals surface area contributed by atoms with Crippen molar-refractivity contribution in [3.63, 3.8) is 0 Å². The Bertz CT molecular complexity index is 689. The molecule has 1 N–H and O–H groups in total. The number of halogens is 1. The first-order valence-corrected chi connectivity index (χ1v) is 8.25. The van der Waals surface area contributed by atoms with Gasteiger partial charge in [0.2, 0.25) is 0 Å². The zero-order chi connectivity index (χ0) is 14.8. The predicted octanol–water partition coefficient (Wildman–Crippen LogP) is 3.01. The molecule has 1 aliphatic rings. The SMILES string of the molecule is O=C(O)c1cc(Br)cnc1Sc1nnc2n1CCCCC2. The van der Waals surface area contributed by atoms with Crippen LogP contribution >= 0.6 is 27.7 Å². The van der Waals surface area contributed by atoms with Crippen molar-refractivity contribution >= 4 is 33.7 Å². The second-order valence-electron chi connectivity index (χ2n) is 4.77. The van der Waals surface area contributed by atoms with Crippen LogP contribution in [0.2, 0.25) is 0 Å². The summed E-state index contributed by atoms with van der Waals surface area (Å²) in [5.41, 5.74) is 0.167. The number of fused-ring (bicyclic) bond motifs is 1. The average molecular weight is 369 g/mol. The lowest BCUT2D eigenvalue weighted by Crippen LogP contribution is -2.04. The Labute approximate surface area is 134 Å². The molecule has 0 saturated heterocycles. The first-order valence-electron chi connectivity index (χ1n) is 6.64. The molecule has 0 aromatic carbocycles. The van der Waals surface area contributed by atoms with E-state index in [-0.39, 0.29) is 5.56 Å². The first kappa shape index (κ1) is 14.5. The fourth-order valence-electron chi connectivity index (χ4n) is 2.28. The third-order valence-corrected chi connectivity index (χ3v) is 4.75. The van der Waals surface area contributed by atoms with Crippen molar-refractivity contribution in [3.05, 3.63) is 28.1 Å². The topological polar surface area (TPSA) is 80.9 Å². The van der Waals surface area contributed by atoms with E-state index < -0.39 is 5.97 Å². The third-order valence-electron chi connectivity index (χ3n) is 3.31. The van der Waals surface area contributed by atoms with Crippen LogP contribution in [-0.2, 0) is 13.0 Å². The van der Waals surface area contributed by atoms with E-state index in [9.17, 15) is 9.90 Å². The van der Waals surface area contributed by atoms with Gasteiger partial charge in [0.1, 0.15) is 10.9 Å². The van der Waals surface area contributed by atoms with Crippen LogP contribution < -0.4 is 0 Å². The van der Waals surface area contributed by atoms with E-state index >= 15 is 0 Å². The Morgan fingerprint density at radius 2 is 2.19 bits per heavy atom. The maximum absolute atomic E-state index is 11.3. The number of aromatic nitrogens is 4. The van der Waals surface area contributed by atoms with Gasteiger partial charge in [0.05, 0.1) is 5.56 Å². The van der Waals surface area contributed by atoms with Gasteiger partial charge in [0.25, 0.3) is 0 Å². The Kier molecular flexibility index (Phi) is 4.25. The van der Waals surface area contributed by atoms with Crippen LogP contribution in [0, 0.1) is 0 Å². The summed E-state index contributed by atoms with van der Waals surface area (Å²) >= 11 is 4.50. The van der Waals surface area contributed by atoms with Crippen molar-refractivity contribution < 1.29 is 9.90 Å².